The maximum Gasteiger partial charge on any atom is 0.0914 e. The van der Waals surface area contributed by atoms with Crippen molar-refractivity contribution >= 4 is 10.8 Å². The Hall–Kier alpha value is -1.42. The minimum absolute atomic E-state index is 0.480. The highest BCUT2D eigenvalue weighted by molar-refractivity contribution is 5.83. The molecule has 2 aromatic rings. The van der Waals surface area contributed by atoms with Gasteiger partial charge in [0.1, 0.15) is 0 Å². The van der Waals surface area contributed by atoms with Gasteiger partial charge in [-0.15, -0.1) is 0 Å². The van der Waals surface area contributed by atoms with Crippen molar-refractivity contribution in [1.82, 2.24) is 5.32 Å². The van der Waals surface area contributed by atoms with Gasteiger partial charge in [-0.05, 0) is 22.4 Å². The van der Waals surface area contributed by atoms with Crippen molar-refractivity contribution in [1.29, 1.82) is 0 Å². The average Bonchev–Trinajstić information content (AvgIpc) is 2.43. The fourth-order valence-electron chi connectivity index (χ4n) is 1.95. The summed E-state index contributed by atoms with van der Waals surface area (Å²) in [5, 5.41) is 15.6. The Labute approximate surface area is 107 Å². The quantitative estimate of drug-likeness (QED) is 0.766. The molecule has 0 fully saturated rings. The van der Waals surface area contributed by atoms with E-state index in [1.54, 1.807) is 7.11 Å². The molecule has 0 heterocycles. The highest BCUT2D eigenvalue weighted by atomic mass is 16.5. The highest BCUT2D eigenvalue weighted by Gasteiger charge is 2.07. The Morgan fingerprint density at radius 2 is 1.94 bits per heavy atom. The van der Waals surface area contributed by atoms with Crippen LogP contribution in [0.1, 0.15) is 11.7 Å². The molecule has 1 atom stereocenters. The minimum atomic E-state index is -0.480. The van der Waals surface area contributed by atoms with Crippen LogP contribution in [-0.4, -0.2) is 31.9 Å². The van der Waals surface area contributed by atoms with E-state index in [1.165, 1.54) is 5.39 Å². The molecule has 2 N–H and O–H groups in total. The van der Waals surface area contributed by atoms with Crippen molar-refractivity contribution < 1.29 is 9.84 Å². The van der Waals surface area contributed by atoms with E-state index in [-0.39, 0.29) is 0 Å². The minimum Gasteiger partial charge on any atom is -0.387 e. The molecule has 0 amide bonds. The third kappa shape index (κ3) is 3.29. The summed E-state index contributed by atoms with van der Waals surface area (Å²) in [6.07, 6.45) is -0.480. The smallest absolute Gasteiger partial charge is 0.0914 e. The van der Waals surface area contributed by atoms with Crippen molar-refractivity contribution in [2.75, 3.05) is 26.8 Å². The first-order chi connectivity index (χ1) is 8.81. The number of hydrogen-bond acceptors (Lipinski definition) is 3. The fraction of sp³-hybridized carbons (Fsp3) is 0.333. The van der Waals surface area contributed by atoms with Crippen molar-refractivity contribution in [3.63, 3.8) is 0 Å². The summed E-state index contributed by atoms with van der Waals surface area (Å²) in [6.45, 7) is 1.95. The summed E-state index contributed by atoms with van der Waals surface area (Å²) in [4.78, 5) is 0. The van der Waals surface area contributed by atoms with Crippen molar-refractivity contribution in [3.8, 4) is 0 Å². The van der Waals surface area contributed by atoms with E-state index in [0.717, 1.165) is 17.5 Å². The Bertz CT molecular complexity index is 499. The van der Waals surface area contributed by atoms with Gasteiger partial charge in [-0.25, -0.2) is 0 Å². The third-order valence-corrected chi connectivity index (χ3v) is 2.98. The molecule has 2 aromatic carbocycles. The molecule has 2 rings (SSSR count). The molecule has 0 aromatic heterocycles. The fourth-order valence-corrected chi connectivity index (χ4v) is 1.95. The van der Waals surface area contributed by atoms with E-state index in [1.807, 2.05) is 30.3 Å². The predicted octanol–water partition coefficient (Wildman–Crippen LogP) is 2.11. The Morgan fingerprint density at radius 1 is 1.17 bits per heavy atom. The first-order valence-electron chi connectivity index (χ1n) is 6.17. The van der Waals surface area contributed by atoms with Crippen LogP contribution in [0, 0.1) is 0 Å². The highest BCUT2D eigenvalue weighted by Crippen LogP contribution is 2.19. The number of benzene rings is 2. The van der Waals surface area contributed by atoms with E-state index in [2.05, 4.69) is 17.4 Å². The maximum atomic E-state index is 10.1. The Balaban J connectivity index is 2.01. The van der Waals surface area contributed by atoms with Crippen LogP contribution < -0.4 is 5.32 Å². The molecule has 3 heteroatoms. The summed E-state index contributed by atoms with van der Waals surface area (Å²) < 4.78 is 4.94. The van der Waals surface area contributed by atoms with Crippen LogP contribution >= 0.6 is 0 Å². The third-order valence-electron chi connectivity index (χ3n) is 2.98. The van der Waals surface area contributed by atoms with Gasteiger partial charge in [-0.1, -0.05) is 36.4 Å². The molecule has 0 radical (unpaired) electrons. The largest absolute Gasteiger partial charge is 0.387 e. The molecule has 18 heavy (non-hydrogen) atoms. The number of aliphatic hydroxyl groups is 1. The van der Waals surface area contributed by atoms with Gasteiger partial charge in [0.2, 0.25) is 0 Å². The second-order valence-corrected chi connectivity index (χ2v) is 4.32. The molecular formula is C15H19NO2. The summed E-state index contributed by atoms with van der Waals surface area (Å²) in [6, 6.07) is 14.2. The number of rotatable bonds is 6. The van der Waals surface area contributed by atoms with E-state index in [0.29, 0.717) is 13.2 Å². The zero-order valence-electron chi connectivity index (χ0n) is 10.6. The van der Waals surface area contributed by atoms with Crippen LogP contribution in [0.2, 0.25) is 0 Å². The summed E-state index contributed by atoms with van der Waals surface area (Å²) in [5.41, 5.74) is 0.943. The van der Waals surface area contributed by atoms with Crippen molar-refractivity contribution in [2.45, 2.75) is 6.10 Å². The molecule has 0 saturated carbocycles. The normalized spacial score (nSPS) is 12.8. The molecular weight excluding hydrogens is 226 g/mol. The Morgan fingerprint density at radius 3 is 2.72 bits per heavy atom. The zero-order valence-corrected chi connectivity index (χ0v) is 10.6. The van der Waals surface area contributed by atoms with E-state index >= 15 is 0 Å². The second-order valence-electron chi connectivity index (χ2n) is 4.32. The number of fused-ring (bicyclic) bond motifs is 1. The number of ether oxygens (including phenoxy) is 1. The predicted molar refractivity (Wildman–Crippen MR) is 73.7 cm³/mol. The first kappa shape index (κ1) is 13.0. The van der Waals surface area contributed by atoms with Gasteiger partial charge in [0.25, 0.3) is 0 Å². The van der Waals surface area contributed by atoms with Gasteiger partial charge in [-0.2, -0.15) is 0 Å². The lowest BCUT2D eigenvalue weighted by Gasteiger charge is -2.12. The van der Waals surface area contributed by atoms with Crippen LogP contribution in [-0.2, 0) is 4.74 Å². The van der Waals surface area contributed by atoms with E-state index in [9.17, 15) is 5.11 Å². The van der Waals surface area contributed by atoms with Gasteiger partial charge in [0.15, 0.2) is 0 Å². The molecule has 1 unspecified atom stereocenters. The zero-order chi connectivity index (χ0) is 12.8. The lowest BCUT2D eigenvalue weighted by atomic mass is 10.0. The van der Waals surface area contributed by atoms with Crippen molar-refractivity contribution in [3.05, 3.63) is 48.0 Å². The number of methoxy groups -OCH3 is 1. The van der Waals surface area contributed by atoms with Gasteiger partial charge in [0, 0.05) is 20.2 Å². The summed E-state index contributed by atoms with van der Waals surface area (Å²) >= 11 is 0. The lowest BCUT2D eigenvalue weighted by molar-refractivity contribution is 0.161. The van der Waals surface area contributed by atoms with Crippen LogP contribution in [0.5, 0.6) is 0 Å². The first-order valence-corrected chi connectivity index (χ1v) is 6.17. The maximum absolute atomic E-state index is 10.1. The average molecular weight is 245 g/mol. The topological polar surface area (TPSA) is 41.5 Å². The van der Waals surface area contributed by atoms with Gasteiger partial charge in [-0.3, -0.25) is 0 Å². The van der Waals surface area contributed by atoms with Crippen LogP contribution in [0.4, 0.5) is 0 Å². The summed E-state index contributed by atoms with van der Waals surface area (Å²) in [7, 11) is 1.67. The molecule has 0 saturated heterocycles. The lowest BCUT2D eigenvalue weighted by Crippen LogP contribution is -2.24. The standard InChI is InChI=1S/C15H19NO2/c1-18-9-8-16-11-15(17)14-7-6-12-4-2-3-5-13(12)10-14/h2-7,10,15-17H,8-9,11H2,1H3. The molecule has 0 aliphatic rings. The van der Waals surface area contributed by atoms with Crippen molar-refractivity contribution in [2.24, 2.45) is 0 Å². The Kier molecular flexibility index (Phi) is 4.70. The van der Waals surface area contributed by atoms with Gasteiger partial charge < -0.3 is 15.2 Å². The van der Waals surface area contributed by atoms with Crippen LogP contribution in [0.3, 0.4) is 0 Å². The van der Waals surface area contributed by atoms with E-state index in [4.69, 9.17) is 4.74 Å². The molecule has 0 aliphatic carbocycles. The number of hydrogen-bond donors (Lipinski definition) is 2. The van der Waals surface area contributed by atoms with Crippen LogP contribution in [0.15, 0.2) is 42.5 Å². The summed E-state index contributed by atoms with van der Waals surface area (Å²) in [5.74, 6) is 0. The monoisotopic (exact) mass is 245 g/mol. The van der Waals surface area contributed by atoms with E-state index < -0.39 is 6.10 Å². The van der Waals surface area contributed by atoms with Gasteiger partial charge >= 0.3 is 0 Å². The molecule has 0 bridgehead atoms. The molecule has 0 aliphatic heterocycles. The van der Waals surface area contributed by atoms with Crippen LogP contribution in [0.25, 0.3) is 10.8 Å². The SMILES string of the molecule is COCCNCC(O)c1ccc2ccccc2c1. The number of nitrogens with one attached hydrogen (secondary N) is 1. The number of aliphatic hydroxyl groups excluding tert-OH is 1. The molecule has 0 spiro atoms. The van der Waals surface area contributed by atoms with Gasteiger partial charge in [0.05, 0.1) is 12.7 Å². The molecule has 3 nitrogen and oxygen atoms in total. The second kappa shape index (κ2) is 6.50. The molecule has 96 valence electrons.